The van der Waals surface area contributed by atoms with E-state index >= 15 is 0 Å². The van der Waals surface area contributed by atoms with Crippen molar-refractivity contribution in [1.82, 2.24) is 42.1 Å². The van der Waals surface area contributed by atoms with E-state index in [0.717, 1.165) is 6.92 Å². The third-order valence-corrected chi connectivity index (χ3v) is 10.7. The predicted molar refractivity (Wildman–Crippen MR) is 254 cm³/mol. The fourth-order valence-electron chi connectivity index (χ4n) is 7.12. The molecular weight excluding hydrogens is 903 g/mol. The number of carboxylic acid groups (broad SMARTS) is 2. The van der Waals surface area contributed by atoms with E-state index in [1.165, 1.54) is 36.5 Å². The zero-order valence-corrected chi connectivity index (χ0v) is 40.1. The van der Waals surface area contributed by atoms with Gasteiger partial charge < -0.3 is 68.9 Å². The van der Waals surface area contributed by atoms with Crippen molar-refractivity contribution >= 4 is 71.8 Å². The molecule has 25 nitrogen and oxygen atoms in total. The van der Waals surface area contributed by atoms with Crippen LogP contribution in [0.4, 0.5) is 0 Å². The highest BCUT2D eigenvalue weighted by molar-refractivity contribution is 5.98. The number of benzene rings is 1. The number of rotatable bonds is 25. The number of aliphatic carboxylic acids is 2. The second-order valence-corrected chi connectivity index (χ2v) is 17.2. The van der Waals surface area contributed by atoms with Crippen LogP contribution in [-0.2, 0) is 49.6 Å². The van der Waals surface area contributed by atoms with Gasteiger partial charge in [-0.1, -0.05) is 39.8 Å². The van der Waals surface area contributed by atoms with E-state index in [-0.39, 0.29) is 57.0 Å². The Bertz CT molecular complexity index is 2030. The minimum Gasteiger partial charge on any atom is -0.508 e. The van der Waals surface area contributed by atoms with E-state index in [1.807, 2.05) is 0 Å². The number of amides is 7. The van der Waals surface area contributed by atoms with Crippen molar-refractivity contribution in [3.8, 4) is 5.75 Å². The van der Waals surface area contributed by atoms with E-state index in [9.17, 15) is 48.6 Å². The molecule has 1 saturated heterocycles. The number of hydrogen-bond donors (Lipinski definition) is 12. The highest BCUT2D eigenvalue weighted by Crippen LogP contribution is 2.21. The number of nitrogens with zero attached hydrogens (tertiary/aromatic N) is 4. The highest BCUT2D eigenvalue weighted by Gasteiger charge is 2.41. The Morgan fingerprint density at radius 3 is 1.87 bits per heavy atom. The highest BCUT2D eigenvalue weighted by atomic mass is 16.4. The zero-order valence-electron chi connectivity index (χ0n) is 40.1. The predicted octanol–water partition coefficient (Wildman–Crippen LogP) is -2.51. The Hall–Kier alpha value is -7.18. The topological polar surface area (TPSA) is 391 Å². The van der Waals surface area contributed by atoms with Gasteiger partial charge >= 0.3 is 5.97 Å². The minimum atomic E-state index is -1.34. The smallest absolute Gasteiger partial charge is 0.325 e. The number of aliphatic imine (C=N–C) groups is 3. The number of aromatic hydroxyl groups is 1. The summed E-state index contributed by atoms with van der Waals surface area (Å²) in [5, 5.41) is 45.4. The molecule has 69 heavy (non-hydrogen) atoms. The van der Waals surface area contributed by atoms with Gasteiger partial charge in [0.25, 0.3) is 5.97 Å². The lowest BCUT2D eigenvalue weighted by molar-refractivity contribution is -0.144. The Morgan fingerprint density at radius 1 is 0.797 bits per heavy atom. The van der Waals surface area contributed by atoms with E-state index in [4.69, 9.17) is 21.4 Å². The summed E-state index contributed by atoms with van der Waals surface area (Å²) in [4.78, 5) is 130. The molecule has 8 unspecified atom stereocenters. The average molecular weight is 972 g/mol. The van der Waals surface area contributed by atoms with Crippen molar-refractivity contribution in [3.63, 3.8) is 0 Å². The first-order chi connectivity index (χ1) is 32.4. The van der Waals surface area contributed by atoms with Crippen molar-refractivity contribution < 1.29 is 58.5 Å². The number of carbonyl (C=O) groups excluding carboxylic acids is 7. The standard InChI is InChI=1S/C42H65N13O10.C2H4O2/c1-22(2)33(53-35(58)28(50-32(57)20-45-6)9-7-15-47-42(43)44)38(61)51-29(17-25-11-13-27(56)14-12-25)36(59)54-34(23(3)4)39(62)52-30(18-26-19-46-21-48-26)40(63)55-16-8-10-31(55)37(60)49-24(5)41(64)65;1-2(3)4/h11-14,19,21-24,26,28-31,33-34,45,56H,7-10,15-18,20H2,1-6H3,(H,49,60)(H,50,57)(H,51,61)(H,52,62)(H,53,58)(H,54,59)(H,64,65)(H4,43,44,47);1H3,(H,3,4). The molecule has 3 rings (SSSR count). The first-order valence-electron chi connectivity index (χ1n) is 22.5. The number of likely N-dealkylation sites (N-methyl/N-ethyl adjacent to an activating group) is 1. The van der Waals surface area contributed by atoms with Crippen molar-refractivity contribution in [1.29, 1.82) is 0 Å². The number of guanidine groups is 1. The Morgan fingerprint density at radius 2 is 1.36 bits per heavy atom. The first kappa shape index (κ1) is 57.9. The molecule has 7 amide bonds. The number of phenols is 1. The van der Waals surface area contributed by atoms with E-state index in [2.05, 4.69) is 52.2 Å². The third-order valence-electron chi connectivity index (χ3n) is 10.7. The minimum absolute atomic E-state index is 0.0399. The lowest BCUT2D eigenvalue weighted by Gasteiger charge is -2.32. The normalized spacial score (nSPS) is 17.4. The third kappa shape index (κ3) is 20.3. The maximum Gasteiger partial charge on any atom is 0.325 e. The number of nitrogens with two attached hydrogens (primary N) is 2. The Labute approximate surface area is 400 Å². The summed E-state index contributed by atoms with van der Waals surface area (Å²) < 4.78 is 0. The van der Waals surface area contributed by atoms with Crippen LogP contribution in [0.25, 0.3) is 0 Å². The van der Waals surface area contributed by atoms with Gasteiger partial charge in [-0.15, -0.1) is 0 Å². The number of carbonyl (C=O) groups is 9. The summed E-state index contributed by atoms with van der Waals surface area (Å²) >= 11 is 0. The molecule has 0 radical (unpaired) electrons. The van der Waals surface area contributed by atoms with Crippen LogP contribution in [0.5, 0.6) is 5.75 Å². The number of hydrogen-bond acceptors (Lipinski definition) is 14. The van der Waals surface area contributed by atoms with Gasteiger partial charge in [0.05, 0.1) is 12.6 Å². The van der Waals surface area contributed by atoms with Crippen LogP contribution < -0.4 is 48.7 Å². The van der Waals surface area contributed by atoms with Crippen LogP contribution in [0.3, 0.4) is 0 Å². The summed E-state index contributed by atoms with van der Waals surface area (Å²) in [5.74, 6) is -8.04. The summed E-state index contributed by atoms with van der Waals surface area (Å²) in [5.41, 5.74) is 11.4. The average Bonchev–Trinajstić information content (AvgIpc) is 3.98. The summed E-state index contributed by atoms with van der Waals surface area (Å²) in [6.45, 7) is 9.35. The van der Waals surface area contributed by atoms with Crippen LogP contribution in [0.1, 0.15) is 79.2 Å². The molecule has 1 aromatic rings. The Balaban J connectivity index is 0.00000392. The molecule has 2 heterocycles. The van der Waals surface area contributed by atoms with Crippen LogP contribution in [0, 0.1) is 11.8 Å². The number of carboxylic acids is 2. The van der Waals surface area contributed by atoms with Crippen molar-refractivity contribution in [2.75, 3.05) is 26.7 Å². The second kappa shape index (κ2) is 28.9. The lowest BCUT2D eigenvalue weighted by atomic mass is 9.98. The van der Waals surface area contributed by atoms with Crippen LogP contribution >= 0.6 is 0 Å². The molecule has 14 N–H and O–H groups in total. The van der Waals surface area contributed by atoms with Gasteiger partial charge in [0.15, 0.2) is 5.96 Å². The van der Waals surface area contributed by atoms with Gasteiger partial charge in [-0.25, -0.2) is 4.99 Å². The van der Waals surface area contributed by atoms with E-state index < -0.39 is 113 Å². The molecule has 0 spiro atoms. The molecule has 0 saturated carbocycles. The van der Waals surface area contributed by atoms with Gasteiger partial charge in [-0.3, -0.25) is 53.1 Å². The lowest BCUT2D eigenvalue weighted by Crippen LogP contribution is -2.61. The molecule has 8 atom stereocenters. The van der Waals surface area contributed by atoms with Crippen molar-refractivity contribution in [2.24, 2.45) is 38.3 Å². The molecular formula is C44H69N13O12. The summed E-state index contributed by atoms with van der Waals surface area (Å²) in [6, 6.07) is -3.03. The number of likely N-dealkylation sites (tertiary alicyclic amines) is 1. The quantitative estimate of drug-likeness (QED) is 0.0274. The molecule has 1 fully saturated rings. The van der Waals surface area contributed by atoms with Gasteiger partial charge in [0.1, 0.15) is 54.4 Å². The largest absolute Gasteiger partial charge is 0.508 e. The van der Waals surface area contributed by atoms with Crippen LogP contribution in [0.15, 0.2) is 39.2 Å². The van der Waals surface area contributed by atoms with E-state index in [1.54, 1.807) is 46.9 Å². The number of phenolic OH excluding ortho intramolecular Hbond substituents is 1. The second-order valence-electron chi connectivity index (χ2n) is 17.2. The fourth-order valence-corrected chi connectivity index (χ4v) is 7.12. The van der Waals surface area contributed by atoms with E-state index in [0.29, 0.717) is 18.4 Å². The molecule has 2 aliphatic heterocycles. The molecule has 0 aliphatic carbocycles. The van der Waals surface area contributed by atoms with Gasteiger partial charge in [-0.2, -0.15) is 0 Å². The number of nitrogens with one attached hydrogen (secondary N) is 7. The molecule has 1 aromatic carbocycles. The van der Waals surface area contributed by atoms with Crippen molar-refractivity contribution in [3.05, 3.63) is 29.8 Å². The molecule has 2 aliphatic rings. The maximum atomic E-state index is 14.3. The monoisotopic (exact) mass is 972 g/mol. The van der Waals surface area contributed by atoms with Gasteiger partial charge in [0.2, 0.25) is 41.4 Å². The summed E-state index contributed by atoms with van der Waals surface area (Å²) in [7, 11) is 1.57. The zero-order chi connectivity index (χ0) is 52.0. The summed E-state index contributed by atoms with van der Waals surface area (Å²) in [6.07, 6.45) is 3.80. The van der Waals surface area contributed by atoms with Crippen LogP contribution in [0.2, 0.25) is 0 Å². The van der Waals surface area contributed by atoms with Gasteiger partial charge in [-0.05, 0) is 69.2 Å². The van der Waals surface area contributed by atoms with Gasteiger partial charge in [0, 0.05) is 39.1 Å². The Kier molecular flexibility index (Phi) is 24.2. The maximum absolute atomic E-state index is 14.3. The SMILES string of the molecule is CC(=O)O.CNCC(=O)NC(CCCN=C(N)N)C(=O)NC(C(=O)NC(Cc1ccc(O)cc1)C(=O)NC(C(=O)NC(CC1C=NC=N1)C(=O)N1CCCC1C(=O)NC(C)C(=O)O)C(C)C)C(C)C. The van der Waals surface area contributed by atoms with Crippen molar-refractivity contribution in [2.45, 2.75) is 128 Å². The first-order valence-corrected chi connectivity index (χ1v) is 22.5. The molecule has 0 aromatic heterocycles. The fraction of sp³-hybridized carbons (Fsp3) is 0.591. The molecule has 25 heteroatoms. The molecule has 382 valence electrons. The molecule has 0 bridgehead atoms. The van der Waals surface area contributed by atoms with Crippen LogP contribution in [-0.4, -0.2) is 167 Å².